The van der Waals surface area contributed by atoms with Crippen molar-refractivity contribution in [2.24, 2.45) is 0 Å². The van der Waals surface area contributed by atoms with Gasteiger partial charge in [0.2, 0.25) is 10.0 Å². The van der Waals surface area contributed by atoms with Gasteiger partial charge in [0.25, 0.3) is 0 Å². The summed E-state index contributed by atoms with van der Waals surface area (Å²) in [6, 6.07) is 6.53. The first kappa shape index (κ1) is 15.5. The van der Waals surface area contributed by atoms with Gasteiger partial charge in [-0.2, -0.15) is 0 Å². The highest BCUT2D eigenvalue weighted by Crippen LogP contribution is 2.15. The fraction of sp³-hybridized carbons (Fsp3) is 0.417. The molecule has 0 heterocycles. The van der Waals surface area contributed by atoms with Gasteiger partial charge in [-0.15, -0.1) is 0 Å². The summed E-state index contributed by atoms with van der Waals surface area (Å²) in [7, 11) is -2.03. The molecule has 1 rings (SSSR count). The van der Waals surface area contributed by atoms with Gasteiger partial charge in [0.1, 0.15) is 0 Å². The third-order valence-corrected chi connectivity index (χ3v) is 4.13. The summed E-state index contributed by atoms with van der Waals surface area (Å²) in [6.07, 6.45) is 0.646. The standard InChI is InChI=1S/C12H19N3O3S/c1-3-10-6-4-5-7-11(10)19(17,18)15-9-8-14-12(16)13-2/h4-7,15H,3,8-9H2,1-2H3,(H2,13,14,16). The van der Waals surface area contributed by atoms with E-state index in [1.54, 1.807) is 18.2 Å². The third kappa shape index (κ3) is 4.53. The lowest BCUT2D eigenvalue weighted by molar-refractivity contribution is 0.243. The number of rotatable bonds is 6. The Bertz CT molecular complexity index is 529. The second kappa shape index (κ2) is 7.10. The summed E-state index contributed by atoms with van der Waals surface area (Å²) in [4.78, 5) is 11.2. The van der Waals surface area contributed by atoms with Crippen molar-refractivity contribution in [3.8, 4) is 0 Å². The number of hydrogen-bond donors (Lipinski definition) is 3. The van der Waals surface area contributed by atoms with Crippen molar-refractivity contribution in [1.29, 1.82) is 0 Å². The minimum atomic E-state index is -3.53. The van der Waals surface area contributed by atoms with E-state index in [0.717, 1.165) is 5.56 Å². The van der Waals surface area contributed by atoms with E-state index in [4.69, 9.17) is 0 Å². The van der Waals surface area contributed by atoms with Crippen LogP contribution in [0.1, 0.15) is 12.5 Å². The van der Waals surface area contributed by atoms with E-state index in [1.807, 2.05) is 13.0 Å². The number of aryl methyl sites for hydroxylation is 1. The summed E-state index contributed by atoms with van der Waals surface area (Å²) in [5, 5.41) is 4.89. The van der Waals surface area contributed by atoms with Crippen LogP contribution in [0.25, 0.3) is 0 Å². The Kier molecular flexibility index (Phi) is 5.78. The van der Waals surface area contributed by atoms with Gasteiger partial charge in [0.05, 0.1) is 4.90 Å². The Labute approximate surface area is 113 Å². The lowest BCUT2D eigenvalue weighted by Gasteiger charge is -2.10. The van der Waals surface area contributed by atoms with Crippen LogP contribution in [0.4, 0.5) is 4.79 Å². The zero-order valence-electron chi connectivity index (χ0n) is 11.1. The molecule has 1 aromatic carbocycles. The number of carbonyl (C=O) groups is 1. The largest absolute Gasteiger partial charge is 0.341 e. The van der Waals surface area contributed by atoms with E-state index >= 15 is 0 Å². The van der Waals surface area contributed by atoms with Crippen molar-refractivity contribution < 1.29 is 13.2 Å². The molecule has 0 atom stereocenters. The molecule has 0 bridgehead atoms. The lowest BCUT2D eigenvalue weighted by Crippen LogP contribution is -2.38. The molecule has 2 amide bonds. The number of carbonyl (C=O) groups excluding carboxylic acids is 1. The van der Waals surface area contributed by atoms with Gasteiger partial charge in [-0.1, -0.05) is 25.1 Å². The quantitative estimate of drug-likeness (QED) is 0.663. The molecule has 106 valence electrons. The molecule has 0 unspecified atom stereocenters. The molecular weight excluding hydrogens is 266 g/mol. The van der Waals surface area contributed by atoms with Crippen LogP contribution < -0.4 is 15.4 Å². The molecule has 19 heavy (non-hydrogen) atoms. The van der Waals surface area contributed by atoms with Crippen LogP contribution in [0.2, 0.25) is 0 Å². The van der Waals surface area contributed by atoms with Gasteiger partial charge in [-0.3, -0.25) is 0 Å². The molecule has 1 aromatic rings. The minimum Gasteiger partial charge on any atom is -0.341 e. The van der Waals surface area contributed by atoms with Gasteiger partial charge in [0.15, 0.2) is 0 Å². The molecule has 0 spiro atoms. The monoisotopic (exact) mass is 285 g/mol. The Morgan fingerprint density at radius 1 is 1.21 bits per heavy atom. The molecule has 0 saturated heterocycles. The highest BCUT2D eigenvalue weighted by molar-refractivity contribution is 7.89. The number of urea groups is 1. The Balaban J connectivity index is 2.63. The number of nitrogens with one attached hydrogen (secondary N) is 3. The van der Waals surface area contributed by atoms with Crippen LogP contribution in [0.3, 0.4) is 0 Å². The third-order valence-electron chi connectivity index (χ3n) is 2.57. The van der Waals surface area contributed by atoms with E-state index in [-0.39, 0.29) is 24.0 Å². The van der Waals surface area contributed by atoms with Crippen LogP contribution >= 0.6 is 0 Å². The van der Waals surface area contributed by atoms with Crippen LogP contribution in [0.15, 0.2) is 29.2 Å². The first-order valence-corrected chi connectivity index (χ1v) is 7.52. The average Bonchev–Trinajstić information content (AvgIpc) is 2.43. The molecular formula is C12H19N3O3S. The first-order chi connectivity index (χ1) is 9.01. The normalized spacial score (nSPS) is 11.1. The van der Waals surface area contributed by atoms with E-state index in [2.05, 4.69) is 15.4 Å². The second-order valence-corrected chi connectivity index (χ2v) is 5.60. The Morgan fingerprint density at radius 2 is 1.89 bits per heavy atom. The van der Waals surface area contributed by atoms with Crippen molar-refractivity contribution in [3.63, 3.8) is 0 Å². The maximum Gasteiger partial charge on any atom is 0.314 e. The van der Waals surface area contributed by atoms with Crippen molar-refractivity contribution in [1.82, 2.24) is 15.4 Å². The molecule has 0 aliphatic carbocycles. The minimum absolute atomic E-state index is 0.147. The molecule has 3 N–H and O–H groups in total. The molecule has 0 aliphatic heterocycles. The average molecular weight is 285 g/mol. The van der Waals surface area contributed by atoms with E-state index in [9.17, 15) is 13.2 Å². The van der Waals surface area contributed by atoms with Gasteiger partial charge in [-0.05, 0) is 18.1 Å². The molecule has 0 radical (unpaired) electrons. The summed E-state index contributed by atoms with van der Waals surface area (Å²) >= 11 is 0. The Hall–Kier alpha value is -1.60. The SMILES string of the molecule is CCc1ccccc1S(=O)(=O)NCCNC(=O)NC. The van der Waals surface area contributed by atoms with E-state index in [0.29, 0.717) is 6.42 Å². The predicted molar refractivity (Wildman–Crippen MR) is 73.5 cm³/mol. The van der Waals surface area contributed by atoms with Crippen molar-refractivity contribution in [2.75, 3.05) is 20.1 Å². The molecule has 0 aliphatic rings. The number of benzene rings is 1. The second-order valence-electron chi connectivity index (χ2n) is 3.86. The fourth-order valence-electron chi connectivity index (χ4n) is 1.59. The summed E-state index contributed by atoms with van der Waals surface area (Å²) in [5.74, 6) is 0. The van der Waals surface area contributed by atoms with Gasteiger partial charge in [-0.25, -0.2) is 17.9 Å². The van der Waals surface area contributed by atoms with Gasteiger partial charge in [0, 0.05) is 20.1 Å². The number of hydrogen-bond acceptors (Lipinski definition) is 3. The molecule has 7 heteroatoms. The van der Waals surface area contributed by atoms with Crippen LogP contribution in [0.5, 0.6) is 0 Å². The molecule has 6 nitrogen and oxygen atoms in total. The zero-order valence-corrected chi connectivity index (χ0v) is 11.9. The zero-order chi connectivity index (χ0) is 14.3. The molecule has 0 saturated carbocycles. The summed E-state index contributed by atoms with van der Waals surface area (Å²) in [6.45, 7) is 2.28. The van der Waals surface area contributed by atoms with Crippen molar-refractivity contribution in [2.45, 2.75) is 18.2 Å². The summed E-state index contributed by atoms with van der Waals surface area (Å²) < 4.78 is 26.6. The maximum absolute atomic E-state index is 12.1. The topological polar surface area (TPSA) is 87.3 Å². The van der Waals surface area contributed by atoms with E-state index in [1.165, 1.54) is 7.05 Å². The van der Waals surface area contributed by atoms with Crippen LogP contribution in [-0.4, -0.2) is 34.6 Å². The predicted octanol–water partition coefficient (Wildman–Crippen LogP) is 0.456. The molecule has 0 aromatic heterocycles. The highest BCUT2D eigenvalue weighted by Gasteiger charge is 2.16. The fourth-order valence-corrected chi connectivity index (χ4v) is 2.93. The smallest absolute Gasteiger partial charge is 0.314 e. The highest BCUT2D eigenvalue weighted by atomic mass is 32.2. The first-order valence-electron chi connectivity index (χ1n) is 6.04. The number of sulfonamides is 1. The van der Waals surface area contributed by atoms with Gasteiger partial charge < -0.3 is 10.6 Å². The summed E-state index contributed by atoms with van der Waals surface area (Å²) in [5.41, 5.74) is 0.772. The van der Waals surface area contributed by atoms with Crippen LogP contribution in [-0.2, 0) is 16.4 Å². The van der Waals surface area contributed by atoms with E-state index < -0.39 is 10.0 Å². The Morgan fingerprint density at radius 3 is 2.53 bits per heavy atom. The van der Waals surface area contributed by atoms with Crippen LogP contribution in [0, 0.1) is 0 Å². The van der Waals surface area contributed by atoms with Crippen molar-refractivity contribution >= 4 is 16.1 Å². The molecule has 0 fully saturated rings. The number of amides is 2. The van der Waals surface area contributed by atoms with Crippen molar-refractivity contribution in [3.05, 3.63) is 29.8 Å². The maximum atomic E-state index is 12.1. The van der Waals surface area contributed by atoms with Gasteiger partial charge >= 0.3 is 6.03 Å². The lowest BCUT2D eigenvalue weighted by atomic mass is 10.2.